The van der Waals surface area contributed by atoms with Crippen molar-refractivity contribution < 1.29 is 19.4 Å². The van der Waals surface area contributed by atoms with Crippen LogP contribution in [0, 0.1) is 40.4 Å². The third-order valence-electron chi connectivity index (χ3n) is 11.5. The van der Waals surface area contributed by atoms with Crippen molar-refractivity contribution in [1.29, 1.82) is 0 Å². The molecule has 200 valence electrons. The van der Waals surface area contributed by atoms with Gasteiger partial charge in [-0.3, -0.25) is 9.59 Å². The number of β-amino-alcohol motifs (C(OH)–C–C–N with tert-alkyl or cyclic N) is 1. The van der Waals surface area contributed by atoms with Gasteiger partial charge >= 0.3 is 5.97 Å². The standard InChI is InChI=1S/C31H47NO4/c1-19(28-13-14-29(4,35)18-32(28)20(2)33)25-9-10-26-24-8-7-22-17-23(36-21(3)34)11-15-30(22,5)27(24)12-16-31(25,26)6/h7,13,19,23-27,35H,8-12,14-18H2,1-6H3/t19-,23+,24+,25-,26+,27+,29-,30+,31-/m1/s1. The third-order valence-corrected chi connectivity index (χ3v) is 11.5. The molecule has 1 amide bonds. The molecular weight excluding hydrogens is 450 g/mol. The Morgan fingerprint density at radius 1 is 1.06 bits per heavy atom. The minimum absolute atomic E-state index is 0.0405. The number of nitrogens with zero attached hydrogens (tertiary/aromatic N) is 1. The second-order valence-corrected chi connectivity index (χ2v) is 13.7. The molecule has 4 aliphatic carbocycles. The van der Waals surface area contributed by atoms with Gasteiger partial charge in [0.15, 0.2) is 0 Å². The third kappa shape index (κ3) is 4.18. The van der Waals surface area contributed by atoms with E-state index in [1.807, 2.05) is 11.8 Å². The highest BCUT2D eigenvalue weighted by atomic mass is 16.5. The van der Waals surface area contributed by atoms with Gasteiger partial charge in [-0.05, 0) is 98.7 Å². The van der Waals surface area contributed by atoms with Gasteiger partial charge < -0.3 is 14.7 Å². The lowest BCUT2D eigenvalue weighted by Gasteiger charge is -2.58. The molecule has 1 N–H and O–H groups in total. The van der Waals surface area contributed by atoms with E-state index in [-0.39, 0.29) is 23.4 Å². The predicted octanol–water partition coefficient (Wildman–Crippen LogP) is 6.02. The second-order valence-electron chi connectivity index (χ2n) is 13.7. The smallest absolute Gasteiger partial charge is 0.302 e. The fourth-order valence-corrected chi connectivity index (χ4v) is 9.69. The van der Waals surface area contributed by atoms with Crippen LogP contribution in [0.3, 0.4) is 0 Å². The molecule has 3 fully saturated rings. The molecule has 0 spiro atoms. The van der Waals surface area contributed by atoms with Gasteiger partial charge in [0.2, 0.25) is 5.91 Å². The average molecular weight is 498 g/mol. The summed E-state index contributed by atoms with van der Waals surface area (Å²) < 4.78 is 5.61. The zero-order valence-corrected chi connectivity index (χ0v) is 23.3. The summed E-state index contributed by atoms with van der Waals surface area (Å²) in [6.07, 6.45) is 14.6. The van der Waals surface area contributed by atoms with Crippen LogP contribution in [0.15, 0.2) is 23.4 Å². The maximum atomic E-state index is 12.6. The first kappa shape index (κ1) is 26.0. The molecule has 0 aromatic heterocycles. The summed E-state index contributed by atoms with van der Waals surface area (Å²) in [4.78, 5) is 26.0. The normalized spacial score (nSPS) is 45.0. The Morgan fingerprint density at radius 3 is 2.50 bits per heavy atom. The highest BCUT2D eigenvalue weighted by molar-refractivity contribution is 5.75. The van der Waals surface area contributed by atoms with Crippen molar-refractivity contribution in [1.82, 2.24) is 4.90 Å². The largest absolute Gasteiger partial charge is 0.462 e. The van der Waals surface area contributed by atoms with Crippen LogP contribution in [0.25, 0.3) is 0 Å². The van der Waals surface area contributed by atoms with Crippen molar-refractivity contribution in [3.05, 3.63) is 23.4 Å². The fourth-order valence-electron chi connectivity index (χ4n) is 9.69. The summed E-state index contributed by atoms with van der Waals surface area (Å²) in [7, 11) is 0. The van der Waals surface area contributed by atoms with Gasteiger partial charge in [-0.25, -0.2) is 0 Å². The van der Waals surface area contributed by atoms with Crippen molar-refractivity contribution in [2.75, 3.05) is 6.54 Å². The SMILES string of the molecule is CC(=O)O[C@H]1CC[C@@]2(C)C(=CC[C@H]3[C@@H]4CC[C@H]([C@@H](C)C5=CC[C@@](C)(O)CN5C(C)=O)[C@@]4(C)CC[C@@H]32)C1. The summed E-state index contributed by atoms with van der Waals surface area (Å²) in [5, 5.41) is 10.6. The molecule has 36 heavy (non-hydrogen) atoms. The minimum atomic E-state index is -0.842. The van der Waals surface area contributed by atoms with Crippen LogP contribution < -0.4 is 0 Å². The molecule has 5 heteroatoms. The molecule has 0 aromatic rings. The average Bonchev–Trinajstić information content (AvgIpc) is 3.15. The Hall–Kier alpha value is -1.62. The molecule has 9 atom stereocenters. The van der Waals surface area contributed by atoms with Crippen molar-refractivity contribution in [3.63, 3.8) is 0 Å². The summed E-state index contributed by atoms with van der Waals surface area (Å²) in [5.74, 6) is 2.95. The highest BCUT2D eigenvalue weighted by Gasteiger charge is 2.59. The molecule has 5 rings (SSSR count). The van der Waals surface area contributed by atoms with Gasteiger partial charge in [-0.1, -0.05) is 38.5 Å². The van der Waals surface area contributed by atoms with E-state index in [9.17, 15) is 14.7 Å². The summed E-state index contributed by atoms with van der Waals surface area (Å²) in [6, 6.07) is 0. The molecule has 1 heterocycles. The van der Waals surface area contributed by atoms with E-state index in [0.717, 1.165) is 49.1 Å². The number of ether oxygens (including phenoxy) is 1. The number of rotatable bonds is 3. The van der Waals surface area contributed by atoms with Gasteiger partial charge in [0, 0.05) is 26.0 Å². The zero-order chi connectivity index (χ0) is 26.0. The molecule has 5 nitrogen and oxygen atoms in total. The lowest BCUT2D eigenvalue weighted by molar-refractivity contribution is -0.148. The minimum Gasteiger partial charge on any atom is -0.462 e. The van der Waals surface area contributed by atoms with Gasteiger partial charge in [-0.15, -0.1) is 0 Å². The van der Waals surface area contributed by atoms with Crippen LogP contribution >= 0.6 is 0 Å². The predicted molar refractivity (Wildman–Crippen MR) is 141 cm³/mol. The first-order valence-electron chi connectivity index (χ1n) is 14.4. The second kappa shape index (κ2) is 8.99. The lowest BCUT2D eigenvalue weighted by atomic mass is 9.47. The van der Waals surface area contributed by atoms with E-state index in [1.54, 1.807) is 12.5 Å². The van der Waals surface area contributed by atoms with Crippen molar-refractivity contribution in [2.45, 2.75) is 111 Å². The number of hydrogen-bond acceptors (Lipinski definition) is 4. The number of hydrogen-bond donors (Lipinski definition) is 1. The molecule has 0 aromatic carbocycles. The van der Waals surface area contributed by atoms with Gasteiger partial charge in [0.1, 0.15) is 6.10 Å². The molecular formula is C31H47NO4. The van der Waals surface area contributed by atoms with Crippen molar-refractivity contribution >= 4 is 11.9 Å². The molecule has 0 radical (unpaired) electrons. The number of carbonyl (C=O) groups excluding carboxylic acids is 2. The van der Waals surface area contributed by atoms with E-state index in [2.05, 4.69) is 32.9 Å². The first-order valence-corrected chi connectivity index (χ1v) is 14.4. The van der Waals surface area contributed by atoms with E-state index in [0.29, 0.717) is 30.2 Å². The van der Waals surface area contributed by atoms with Crippen LogP contribution in [0.1, 0.15) is 99.3 Å². The molecule has 3 saturated carbocycles. The van der Waals surface area contributed by atoms with Gasteiger partial charge in [0.25, 0.3) is 0 Å². The number of allylic oxidation sites excluding steroid dienone is 2. The van der Waals surface area contributed by atoms with E-state index in [1.165, 1.54) is 32.6 Å². The molecule has 1 aliphatic heterocycles. The maximum Gasteiger partial charge on any atom is 0.302 e. The van der Waals surface area contributed by atoms with Crippen LogP contribution in [0.5, 0.6) is 0 Å². The zero-order valence-electron chi connectivity index (χ0n) is 23.3. The van der Waals surface area contributed by atoms with Gasteiger partial charge in [0.05, 0.1) is 12.1 Å². The number of esters is 1. The van der Waals surface area contributed by atoms with Crippen molar-refractivity contribution in [2.24, 2.45) is 40.4 Å². The Balaban J connectivity index is 1.37. The topological polar surface area (TPSA) is 66.8 Å². The van der Waals surface area contributed by atoms with E-state index < -0.39 is 5.60 Å². The number of carbonyl (C=O) groups is 2. The molecule has 0 saturated heterocycles. The Morgan fingerprint density at radius 2 is 1.81 bits per heavy atom. The maximum absolute atomic E-state index is 12.6. The molecule has 0 bridgehead atoms. The first-order chi connectivity index (χ1) is 16.9. The fraction of sp³-hybridized carbons (Fsp3) is 0.806. The Labute approximate surface area is 217 Å². The number of amides is 1. The van der Waals surface area contributed by atoms with Crippen molar-refractivity contribution in [3.8, 4) is 0 Å². The highest BCUT2D eigenvalue weighted by Crippen LogP contribution is 2.67. The Bertz CT molecular complexity index is 981. The van der Waals surface area contributed by atoms with Gasteiger partial charge in [-0.2, -0.15) is 0 Å². The van der Waals surface area contributed by atoms with E-state index in [4.69, 9.17) is 4.74 Å². The van der Waals surface area contributed by atoms with E-state index >= 15 is 0 Å². The van der Waals surface area contributed by atoms with Crippen LogP contribution in [0.2, 0.25) is 0 Å². The monoisotopic (exact) mass is 497 g/mol. The van der Waals surface area contributed by atoms with Crippen LogP contribution in [-0.4, -0.2) is 40.1 Å². The number of fused-ring (bicyclic) bond motifs is 5. The van der Waals surface area contributed by atoms with Crippen LogP contribution in [0.4, 0.5) is 0 Å². The molecule has 5 aliphatic rings. The summed E-state index contributed by atoms with van der Waals surface area (Å²) >= 11 is 0. The lowest BCUT2D eigenvalue weighted by Crippen LogP contribution is -2.52. The Kier molecular flexibility index (Phi) is 6.50. The quantitative estimate of drug-likeness (QED) is 0.382. The number of aliphatic hydroxyl groups is 1. The summed E-state index contributed by atoms with van der Waals surface area (Å²) in [5.41, 5.74) is 2.38. The molecule has 0 unspecified atom stereocenters. The van der Waals surface area contributed by atoms with Crippen LogP contribution in [-0.2, 0) is 14.3 Å². The summed E-state index contributed by atoms with van der Waals surface area (Å²) in [6.45, 7) is 12.8.